The van der Waals surface area contributed by atoms with Gasteiger partial charge in [-0.25, -0.2) is 0 Å². The summed E-state index contributed by atoms with van der Waals surface area (Å²) >= 11 is 1.45. The van der Waals surface area contributed by atoms with Crippen LogP contribution in [0.15, 0.2) is 35.7 Å². The molecule has 2 aromatic rings. The van der Waals surface area contributed by atoms with Gasteiger partial charge in [-0.1, -0.05) is 6.07 Å². The summed E-state index contributed by atoms with van der Waals surface area (Å²) in [6.07, 6.45) is 2.55. The quantitative estimate of drug-likeness (QED) is 0.695. The Labute approximate surface area is 133 Å². The molecule has 22 heavy (non-hydrogen) atoms. The van der Waals surface area contributed by atoms with Gasteiger partial charge in [0.1, 0.15) is 0 Å². The Bertz CT molecular complexity index is 720. The van der Waals surface area contributed by atoms with Crippen molar-refractivity contribution in [2.45, 2.75) is 6.42 Å². The number of nitrogens with one attached hydrogen (secondary N) is 1. The fourth-order valence-electron chi connectivity index (χ4n) is 2.56. The first-order valence-electron chi connectivity index (χ1n) is 7.01. The minimum absolute atomic E-state index is 0.0140. The van der Waals surface area contributed by atoms with Gasteiger partial charge in [-0.2, -0.15) is 0 Å². The lowest BCUT2D eigenvalue weighted by molar-refractivity contribution is 0.105. The number of carbonyl (C=O) groups is 1. The van der Waals surface area contributed by atoms with E-state index in [0.29, 0.717) is 11.5 Å². The van der Waals surface area contributed by atoms with E-state index in [9.17, 15) is 4.79 Å². The van der Waals surface area contributed by atoms with Gasteiger partial charge >= 0.3 is 0 Å². The van der Waals surface area contributed by atoms with Gasteiger partial charge in [0.05, 0.1) is 19.1 Å². The highest BCUT2D eigenvalue weighted by atomic mass is 32.1. The summed E-state index contributed by atoms with van der Waals surface area (Å²) in [5.74, 6) is 1.40. The highest BCUT2D eigenvalue weighted by Gasteiger charge is 2.19. The van der Waals surface area contributed by atoms with Gasteiger partial charge in [0.15, 0.2) is 17.3 Å². The maximum absolute atomic E-state index is 12.3. The molecule has 1 aliphatic heterocycles. The molecule has 0 amide bonds. The average molecular weight is 315 g/mol. The summed E-state index contributed by atoms with van der Waals surface area (Å²) in [7, 11) is 3.24. The molecule has 0 unspecified atom stereocenters. The molecule has 114 valence electrons. The van der Waals surface area contributed by atoms with Crippen molar-refractivity contribution in [3.05, 3.63) is 51.7 Å². The lowest BCUT2D eigenvalue weighted by Crippen LogP contribution is -2.23. The zero-order valence-corrected chi connectivity index (χ0v) is 13.3. The van der Waals surface area contributed by atoms with Crippen molar-refractivity contribution < 1.29 is 14.3 Å². The Hall–Kier alpha value is -2.27. The third kappa shape index (κ3) is 2.72. The van der Waals surface area contributed by atoms with Gasteiger partial charge < -0.3 is 14.8 Å². The van der Waals surface area contributed by atoms with E-state index in [4.69, 9.17) is 9.47 Å². The molecule has 0 bridgehead atoms. The molecule has 1 aromatic carbocycles. The number of ketones is 1. The highest BCUT2D eigenvalue weighted by Crippen LogP contribution is 2.35. The van der Waals surface area contributed by atoms with Crippen LogP contribution in [0.5, 0.6) is 11.5 Å². The van der Waals surface area contributed by atoms with Gasteiger partial charge in [-0.3, -0.25) is 4.79 Å². The van der Waals surface area contributed by atoms with E-state index in [1.54, 1.807) is 20.3 Å². The fourth-order valence-corrected chi connectivity index (χ4v) is 3.19. The first kappa shape index (κ1) is 14.7. The second-order valence-electron chi connectivity index (χ2n) is 4.94. The van der Waals surface area contributed by atoms with Crippen LogP contribution in [0.25, 0.3) is 5.70 Å². The van der Waals surface area contributed by atoms with Crippen LogP contribution in [0.1, 0.15) is 20.8 Å². The summed E-state index contributed by atoms with van der Waals surface area (Å²) in [6, 6.07) is 7.63. The summed E-state index contributed by atoms with van der Waals surface area (Å²) < 4.78 is 10.7. The number of thiophene rings is 1. The number of ether oxygens (including phenoxy) is 2. The largest absolute Gasteiger partial charge is 0.493 e. The summed E-state index contributed by atoms with van der Waals surface area (Å²) in [5, 5.41) is 5.21. The number of rotatable bonds is 4. The molecular formula is C17H17NO3S. The molecule has 0 atom stereocenters. The molecule has 2 heterocycles. The third-order valence-corrected chi connectivity index (χ3v) is 4.53. The van der Waals surface area contributed by atoms with E-state index in [2.05, 4.69) is 5.32 Å². The predicted octanol–water partition coefficient (Wildman–Crippen LogP) is 3.13. The number of benzene rings is 1. The van der Waals surface area contributed by atoms with Crippen LogP contribution in [0.3, 0.4) is 0 Å². The van der Waals surface area contributed by atoms with Crippen LogP contribution in [-0.2, 0) is 6.42 Å². The summed E-state index contributed by atoms with van der Waals surface area (Å²) in [6.45, 7) is 0.798. The van der Waals surface area contributed by atoms with Gasteiger partial charge in [-0.15, -0.1) is 11.3 Å². The average Bonchev–Trinajstić information content (AvgIpc) is 3.08. The Balaban J connectivity index is 2.02. The van der Waals surface area contributed by atoms with E-state index in [1.807, 2.05) is 29.6 Å². The second kappa shape index (κ2) is 6.23. The third-order valence-electron chi connectivity index (χ3n) is 3.65. The van der Waals surface area contributed by atoms with Crippen molar-refractivity contribution in [2.75, 3.05) is 20.8 Å². The van der Waals surface area contributed by atoms with E-state index in [1.165, 1.54) is 11.3 Å². The molecule has 3 rings (SSSR count). The lowest BCUT2D eigenvalue weighted by atomic mass is 9.96. The Morgan fingerprint density at radius 2 is 2.05 bits per heavy atom. The van der Waals surface area contributed by atoms with Crippen LogP contribution >= 0.6 is 11.3 Å². The number of fused-ring (bicyclic) bond motifs is 1. The summed E-state index contributed by atoms with van der Waals surface area (Å²) in [4.78, 5) is 13.0. The van der Waals surface area contributed by atoms with E-state index < -0.39 is 0 Å². The van der Waals surface area contributed by atoms with Crippen molar-refractivity contribution in [3.8, 4) is 11.5 Å². The monoisotopic (exact) mass is 315 g/mol. The van der Waals surface area contributed by atoms with E-state index in [-0.39, 0.29) is 5.78 Å². The SMILES string of the molecule is COc1cc2c(cc1OC)/C(=C/C(=O)c1cccs1)NCC2. The molecule has 5 heteroatoms. The van der Waals surface area contributed by atoms with Crippen molar-refractivity contribution in [3.63, 3.8) is 0 Å². The maximum atomic E-state index is 12.3. The maximum Gasteiger partial charge on any atom is 0.197 e. The Morgan fingerprint density at radius 1 is 1.27 bits per heavy atom. The van der Waals surface area contributed by atoms with Crippen LogP contribution in [0.4, 0.5) is 0 Å². The number of allylic oxidation sites excluding steroid dienone is 1. The van der Waals surface area contributed by atoms with Gasteiger partial charge in [-0.05, 0) is 35.6 Å². The van der Waals surface area contributed by atoms with E-state index >= 15 is 0 Å². The molecule has 1 aromatic heterocycles. The zero-order chi connectivity index (χ0) is 15.5. The van der Waals surface area contributed by atoms with Crippen molar-refractivity contribution in [2.24, 2.45) is 0 Å². The summed E-state index contributed by atoms with van der Waals surface area (Å²) in [5.41, 5.74) is 2.98. The molecule has 1 aliphatic rings. The van der Waals surface area contributed by atoms with Crippen LogP contribution in [0.2, 0.25) is 0 Å². The molecule has 0 saturated heterocycles. The fraction of sp³-hybridized carbons (Fsp3) is 0.235. The molecule has 0 saturated carbocycles. The van der Waals surface area contributed by atoms with Gasteiger partial charge in [0, 0.05) is 23.9 Å². The number of methoxy groups -OCH3 is 2. The standard InChI is InChI=1S/C17H17NO3S/c1-20-15-8-11-5-6-18-13(12(11)9-16(15)21-2)10-14(19)17-4-3-7-22-17/h3-4,7-10,18H,5-6H2,1-2H3/b13-10-. The molecule has 1 N–H and O–H groups in total. The molecule has 4 nitrogen and oxygen atoms in total. The minimum atomic E-state index is 0.0140. The van der Waals surface area contributed by atoms with Crippen molar-refractivity contribution in [1.82, 2.24) is 5.32 Å². The molecule has 0 spiro atoms. The normalized spacial score (nSPS) is 15.1. The lowest BCUT2D eigenvalue weighted by Gasteiger charge is -2.23. The Kier molecular flexibility index (Phi) is 4.15. The van der Waals surface area contributed by atoms with Crippen LogP contribution in [-0.4, -0.2) is 26.5 Å². The second-order valence-corrected chi connectivity index (χ2v) is 5.89. The smallest absolute Gasteiger partial charge is 0.197 e. The predicted molar refractivity (Wildman–Crippen MR) is 87.9 cm³/mol. The molecular weight excluding hydrogens is 298 g/mol. The number of carbonyl (C=O) groups excluding carboxylic acids is 1. The highest BCUT2D eigenvalue weighted by molar-refractivity contribution is 7.12. The Morgan fingerprint density at radius 3 is 2.73 bits per heavy atom. The number of hydrogen-bond donors (Lipinski definition) is 1. The molecule has 0 aliphatic carbocycles. The van der Waals surface area contributed by atoms with E-state index in [0.717, 1.165) is 34.7 Å². The van der Waals surface area contributed by atoms with Gasteiger partial charge in [0.2, 0.25) is 0 Å². The first-order valence-corrected chi connectivity index (χ1v) is 7.89. The van der Waals surface area contributed by atoms with Crippen LogP contribution in [0, 0.1) is 0 Å². The zero-order valence-electron chi connectivity index (χ0n) is 12.5. The van der Waals surface area contributed by atoms with Crippen molar-refractivity contribution in [1.29, 1.82) is 0 Å². The van der Waals surface area contributed by atoms with Crippen molar-refractivity contribution >= 4 is 22.8 Å². The minimum Gasteiger partial charge on any atom is -0.493 e. The van der Waals surface area contributed by atoms with Gasteiger partial charge in [0.25, 0.3) is 0 Å². The topological polar surface area (TPSA) is 47.6 Å². The molecule has 0 fully saturated rings. The van der Waals surface area contributed by atoms with Crippen LogP contribution < -0.4 is 14.8 Å². The first-order chi connectivity index (χ1) is 10.7. The molecule has 0 radical (unpaired) electrons. The number of hydrogen-bond acceptors (Lipinski definition) is 5.